The van der Waals surface area contributed by atoms with Crippen LogP contribution in [0.1, 0.15) is 11.3 Å². The van der Waals surface area contributed by atoms with Gasteiger partial charge in [0.25, 0.3) is 0 Å². The van der Waals surface area contributed by atoms with E-state index in [1.54, 1.807) is 0 Å². The first-order valence-corrected chi connectivity index (χ1v) is 7.73. The summed E-state index contributed by atoms with van der Waals surface area (Å²) in [5, 5.41) is 4.28. The quantitative estimate of drug-likeness (QED) is 0.578. The highest BCUT2D eigenvalue weighted by Crippen LogP contribution is 2.40. The van der Waals surface area contributed by atoms with Gasteiger partial charge in [0.2, 0.25) is 0 Å². The molecule has 0 saturated carbocycles. The van der Waals surface area contributed by atoms with Crippen LogP contribution in [0.25, 0.3) is 22.5 Å². The highest BCUT2D eigenvalue weighted by atomic mass is 127. The van der Waals surface area contributed by atoms with Crippen LogP contribution in [-0.4, -0.2) is 5.16 Å². The number of fused-ring (bicyclic) bond motifs is 3. The Morgan fingerprint density at radius 1 is 0.950 bits per heavy atom. The van der Waals surface area contributed by atoms with Crippen molar-refractivity contribution < 1.29 is 4.52 Å². The van der Waals surface area contributed by atoms with E-state index in [1.165, 1.54) is 20.3 Å². The van der Waals surface area contributed by atoms with E-state index in [1.807, 2.05) is 0 Å². The molecule has 0 spiro atoms. The molecular formula is C17H12INO. The molecule has 0 bridgehead atoms. The van der Waals surface area contributed by atoms with E-state index in [0.717, 1.165) is 29.9 Å². The van der Waals surface area contributed by atoms with Gasteiger partial charge in [-0.15, -0.1) is 0 Å². The molecule has 2 aromatic carbocycles. The smallest absolute Gasteiger partial charge is 0.174 e. The van der Waals surface area contributed by atoms with Crippen molar-refractivity contribution in [2.24, 2.45) is 0 Å². The van der Waals surface area contributed by atoms with Crippen LogP contribution in [0.15, 0.2) is 53.1 Å². The van der Waals surface area contributed by atoms with Crippen LogP contribution in [0.5, 0.6) is 0 Å². The normalized spacial score (nSPS) is 12.8. The fraction of sp³-hybridized carbons (Fsp3) is 0.118. The molecule has 0 radical (unpaired) electrons. The molecule has 1 aromatic heterocycles. The minimum Gasteiger partial charge on any atom is -0.355 e. The Morgan fingerprint density at radius 3 is 2.60 bits per heavy atom. The Labute approximate surface area is 130 Å². The highest BCUT2D eigenvalue weighted by molar-refractivity contribution is 14.1. The summed E-state index contributed by atoms with van der Waals surface area (Å²) in [7, 11) is 0. The summed E-state index contributed by atoms with van der Waals surface area (Å²) in [4.78, 5) is 0. The summed E-state index contributed by atoms with van der Waals surface area (Å²) >= 11 is 2.31. The molecule has 0 saturated heterocycles. The average molecular weight is 373 g/mol. The van der Waals surface area contributed by atoms with E-state index in [-0.39, 0.29) is 0 Å². The molecule has 0 unspecified atom stereocenters. The number of aromatic nitrogens is 1. The second-order valence-corrected chi connectivity index (χ2v) is 6.24. The Bertz CT molecular complexity index is 774. The summed E-state index contributed by atoms with van der Waals surface area (Å²) in [5.74, 6) is 0.892. The van der Waals surface area contributed by atoms with E-state index in [0.29, 0.717) is 0 Å². The van der Waals surface area contributed by atoms with Crippen molar-refractivity contribution in [2.75, 3.05) is 0 Å². The third kappa shape index (κ3) is 1.88. The van der Waals surface area contributed by atoms with Gasteiger partial charge in [0.15, 0.2) is 5.76 Å². The van der Waals surface area contributed by atoms with Gasteiger partial charge in [0.05, 0.1) is 11.3 Å². The molecule has 1 aliphatic carbocycles. The predicted octanol–water partition coefficient (Wildman–Crippen LogP) is 4.71. The third-order valence-electron chi connectivity index (χ3n) is 3.79. The lowest BCUT2D eigenvalue weighted by Crippen LogP contribution is -2.02. The summed E-state index contributed by atoms with van der Waals surface area (Å²) in [6.07, 6.45) is 2.00. The van der Waals surface area contributed by atoms with Crippen molar-refractivity contribution in [3.8, 4) is 22.5 Å². The molecule has 0 N–H and O–H groups in total. The van der Waals surface area contributed by atoms with Crippen molar-refractivity contribution in [2.45, 2.75) is 12.8 Å². The second-order valence-electron chi connectivity index (χ2n) is 5.00. The van der Waals surface area contributed by atoms with Gasteiger partial charge < -0.3 is 4.52 Å². The zero-order valence-corrected chi connectivity index (χ0v) is 12.9. The van der Waals surface area contributed by atoms with Gasteiger partial charge in [-0.3, -0.25) is 0 Å². The first-order chi connectivity index (χ1) is 9.83. The molecule has 0 fully saturated rings. The minimum atomic E-state index is 0.892. The summed E-state index contributed by atoms with van der Waals surface area (Å²) in [6, 6.07) is 16.9. The summed E-state index contributed by atoms with van der Waals surface area (Å²) < 4.78 is 6.87. The minimum absolute atomic E-state index is 0.892. The van der Waals surface area contributed by atoms with E-state index >= 15 is 0 Å². The molecule has 3 heteroatoms. The average Bonchev–Trinajstić information content (AvgIpc) is 2.92. The van der Waals surface area contributed by atoms with Crippen molar-refractivity contribution in [3.05, 3.63) is 63.4 Å². The van der Waals surface area contributed by atoms with E-state index in [2.05, 4.69) is 76.3 Å². The van der Waals surface area contributed by atoms with Crippen molar-refractivity contribution in [1.82, 2.24) is 5.16 Å². The number of rotatable bonds is 1. The molecule has 0 amide bonds. The zero-order valence-electron chi connectivity index (χ0n) is 10.8. The maximum absolute atomic E-state index is 5.65. The first-order valence-electron chi connectivity index (χ1n) is 6.66. The predicted molar refractivity (Wildman–Crippen MR) is 87.5 cm³/mol. The number of nitrogens with zero attached hydrogens (tertiary/aromatic N) is 1. The van der Waals surface area contributed by atoms with E-state index in [4.69, 9.17) is 4.52 Å². The number of benzene rings is 2. The summed E-state index contributed by atoms with van der Waals surface area (Å²) in [5.41, 5.74) is 6.00. The summed E-state index contributed by atoms with van der Waals surface area (Å²) in [6.45, 7) is 0. The topological polar surface area (TPSA) is 26.0 Å². The van der Waals surface area contributed by atoms with Crippen LogP contribution in [0.3, 0.4) is 0 Å². The Balaban J connectivity index is 1.93. The van der Waals surface area contributed by atoms with Gasteiger partial charge in [0.1, 0.15) is 0 Å². The molecule has 98 valence electrons. The van der Waals surface area contributed by atoms with Crippen LogP contribution >= 0.6 is 22.6 Å². The van der Waals surface area contributed by atoms with Crippen LogP contribution < -0.4 is 0 Å². The third-order valence-corrected chi connectivity index (χ3v) is 4.51. The number of hydrogen-bond acceptors (Lipinski definition) is 2. The number of halogens is 1. The molecule has 4 rings (SSSR count). The maximum Gasteiger partial charge on any atom is 0.174 e. The molecule has 2 nitrogen and oxygen atoms in total. The Hall–Kier alpha value is -1.62. The van der Waals surface area contributed by atoms with Crippen molar-refractivity contribution in [3.63, 3.8) is 0 Å². The molecule has 3 aromatic rings. The van der Waals surface area contributed by atoms with Gasteiger partial charge in [-0.1, -0.05) is 41.6 Å². The fourth-order valence-corrected chi connectivity index (χ4v) is 3.16. The lowest BCUT2D eigenvalue weighted by molar-refractivity contribution is 0.423. The lowest BCUT2D eigenvalue weighted by atomic mass is 9.87. The number of aryl methyl sites for hydroxylation is 2. The molecule has 1 aliphatic rings. The SMILES string of the molecule is Ic1ccc(-c2onc3c2-c2ccccc2CC3)cc1. The monoisotopic (exact) mass is 373 g/mol. The van der Waals surface area contributed by atoms with E-state index in [9.17, 15) is 0 Å². The Morgan fingerprint density at radius 2 is 1.75 bits per heavy atom. The van der Waals surface area contributed by atoms with Gasteiger partial charge in [0, 0.05) is 9.13 Å². The fourth-order valence-electron chi connectivity index (χ4n) is 2.81. The molecule has 0 atom stereocenters. The van der Waals surface area contributed by atoms with Gasteiger partial charge in [-0.25, -0.2) is 0 Å². The molecule has 20 heavy (non-hydrogen) atoms. The second kappa shape index (κ2) is 4.74. The van der Waals surface area contributed by atoms with E-state index < -0.39 is 0 Å². The molecular weight excluding hydrogens is 361 g/mol. The van der Waals surface area contributed by atoms with Crippen molar-refractivity contribution >= 4 is 22.6 Å². The Kier molecular flexibility index (Phi) is 2.88. The molecule has 1 heterocycles. The van der Waals surface area contributed by atoms with Gasteiger partial charge in [-0.05, 0) is 58.7 Å². The van der Waals surface area contributed by atoms with Crippen LogP contribution in [-0.2, 0) is 12.8 Å². The first kappa shape index (κ1) is 12.1. The highest BCUT2D eigenvalue weighted by Gasteiger charge is 2.24. The zero-order chi connectivity index (χ0) is 13.5. The maximum atomic E-state index is 5.65. The van der Waals surface area contributed by atoms with Gasteiger partial charge >= 0.3 is 0 Å². The van der Waals surface area contributed by atoms with Crippen LogP contribution in [0.4, 0.5) is 0 Å². The van der Waals surface area contributed by atoms with Crippen LogP contribution in [0.2, 0.25) is 0 Å². The largest absolute Gasteiger partial charge is 0.355 e. The standard InChI is InChI=1S/C17H12INO/c18-13-8-5-12(6-9-13)17-16-14-4-2-1-3-11(14)7-10-15(16)19-20-17/h1-6,8-9H,7,10H2. The molecule has 0 aliphatic heterocycles. The van der Waals surface area contributed by atoms with Crippen LogP contribution in [0, 0.1) is 3.57 Å². The van der Waals surface area contributed by atoms with Gasteiger partial charge in [-0.2, -0.15) is 0 Å². The van der Waals surface area contributed by atoms with Crippen molar-refractivity contribution in [1.29, 1.82) is 0 Å². The lowest BCUT2D eigenvalue weighted by Gasteiger charge is -2.15. The number of hydrogen-bond donors (Lipinski definition) is 0.